The summed E-state index contributed by atoms with van der Waals surface area (Å²) in [5.74, 6) is 1.67. The van der Waals surface area contributed by atoms with Crippen LogP contribution in [0, 0.1) is 0 Å². The fourth-order valence-corrected chi connectivity index (χ4v) is 11.8. The third-order valence-electron chi connectivity index (χ3n) is 4.09. The van der Waals surface area contributed by atoms with E-state index in [9.17, 15) is 0 Å². The predicted molar refractivity (Wildman–Crippen MR) is 81.7 cm³/mol. The van der Waals surface area contributed by atoms with Gasteiger partial charge in [0.15, 0.2) is 0 Å². The van der Waals surface area contributed by atoms with Crippen molar-refractivity contribution >= 4 is 25.5 Å². The molecule has 0 saturated heterocycles. The van der Waals surface area contributed by atoms with E-state index in [1.807, 2.05) is 0 Å². The Kier molecular flexibility index (Phi) is 3.00. The fourth-order valence-electron chi connectivity index (χ4n) is 3.03. The van der Waals surface area contributed by atoms with E-state index in [0.717, 1.165) is 11.5 Å². The van der Waals surface area contributed by atoms with Gasteiger partial charge in [-0.1, -0.05) is 0 Å². The van der Waals surface area contributed by atoms with E-state index in [4.69, 9.17) is 9.47 Å². The van der Waals surface area contributed by atoms with Crippen LogP contribution in [-0.4, -0.2) is 32.6 Å². The number of ether oxygens (including phenoxy) is 2. The second-order valence-electron chi connectivity index (χ2n) is 5.42. The first-order chi connectivity index (χ1) is 9.09. The minimum absolute atomic E-state index is 0.819. The summed E-state index contributed by atoms with van der Waals surface area (Å²) in [6.07, 6.45) is 0. The molecule has 2 aromatic carbocycles. The van der Waals surface area contributed by atoms with Gasteiger partial charge in [-0.15, -0.1) is 0 Å². The van der Waals surface area contributed by atoms with Crippen molar-refractivity contribution in [3.8, 4) is 22.6 Å². The van der Waals surface area contributed by atoms with Crippen LogP contribution in [0.3, 0.4) is 0 Å². The zero-order valence-electron chi connectivity index (χ0n) is 11.8. The molecule has 0 aromatic heterocycles. The Bertz CT molecular complexity index is 647. The number of fused-ring (bicyclic) bond motifs is 3. The maximum atomic E-state index is 5.46. The molecule has 19 heavy (non-hydrogen) atoms. The molecule has 0 saturated carbocycles. The molecule has 0 aliphatic carbocycles. The fraction of sp³-hybridized carbons (Fsp3) is 0.250. The number of methoxy groups -OCH3 is 2. The van der Waals surface area contributed by atoms with Crippen LogP contribution in [0.4, 0.5) is 0 Å². The average Bonchev–Trinajstić information content (AvgIpc) is 2.66. The van der Waals surface area contributed by atoms with Gasteiger partial charge in [0.05, 0.1) is 0 Å². The normalized spacial score (nSPS) is 14.7. The van der Waals surface area contributed by atoms with Crippen LogP contribution in [0.25, 0.3) is 11.1 Å². The molecule has 0 unspecified atom stereocenters. The SMILES string of the molecule is COc1cc2[c](cc1OC)[Sn]([CH3])([CH3])[c]1ccccc1-2. The van der Waals surface area contributed by atoms with Crippen molar-refractivity contribution in [1.82, 2.24) is 0 Å². The van der Waals surface area contributed by atoms with Gasteiger partial charge in [-0.05, 0) is 0 Å². The number of hydrogen-bond donors (Lipinski definition) is 0. The first kappa shape index (κ1) is 12.9. The Morgan fingerprint density at radius 2 is 1.42 bits per heavy atom. The molecule has 0 radical (unpaired) electrons. The van der Waals surface area contributed by atoms with E-state index in [1.54, 1.807) is 17.8 Å². The second-order valence-corrected chi connectivity index (χ2v) is 17.8. The standard InChI is InChI=1S/C14H12O2.2CH3.Sn/c1-15-13-9-8-12(10-14(13)16-2)11-6-4-3-5-7-11;;;/h3-6,9-10H,1-2H3;2*1H3;. The predicted octanol–water partition coefficient (Wildman–Crippen LogP) is 2.51. The monoisotopic (exact) mass is 362 g/mol. The van der Waals surface area contributed by atoms with Crippen LogP contribution in [0.1, 0.15) is 0 Å². The van der Waals surface area contributed by atoms with Gasteiger partial charge in [0.25, 0.3) is 0 Å². The van der Waals surface area contributed by atoms with Crippen molar-refractivity contribution in [3.63, 3.8) is 0 Å². The van der Waals surface area contributed by atoms with Crippen molar-refractivity contribution in [2.24, 2.45) is 0 Å². The Labute approximate surface area is 118 Å². The summed E-state index contributed by atoms with van der Waals surface area (Å²) < 4.78 is 14.0. The van der Waals surface area contributed by atoms with Crippen molar-refractivity contribution in [1.29, 1.82) is 0 Å². The first-order valence-corrected chi connectivity index (χ1v) is 15.0. The van der Waals surface area contributed by atoms with Crippen molar-refractivity contribution in [2.45, 2.75) is 9.88 Å². The molecule has 1 heterocycles. The van der Waals surface area contributed by atoms with Crippen molar-refractivity contribution in [2.75, 3.05) is 14.2 Å². The van der Waals surface area contributed by atoms with Crippen LogP contribution in [0.5, 0.6) is 11.5 Å². The molecule has 0 N–H and O–H groups in total. The van der Waals surface area contributed by atoms with Gasteiger partial charge in [-0.3, -0.25) is 0 Å². The molecule has 98 valence electrons. The number of hydrogen-bond acceptors (Lipinski definition) is 2. The average molecular weight is 361 g/mol. The van der Waals surface area contributed by atoms with E-state index >= 15 is 0 Å². The van der Waals surface area contributed by atoms with Gasteiger partial charge in [-0.2, -0.15) is 0 Å². The van der Waals surface area contributed by atoms with Crippen molar-refractivity contribution in [3.05, 3.63) is 36.4 Å². The summed E-state index contributed by atoms with van der Waals surface area (Å²) in [6, 6.07) is 13.1. The topological polar surface area (TPSA) is 18.5 Å². The van der Waals surface area contributed by atoms with Crippen LogP contribution >= 0.6 is 0 Å². The molecule has 0 spiro atoms. The quantitative estimate of drug-likeness (QED) is 0.766. The summed E-state index contributed by atoms with van der Waals surface area (Å²) in [6.45, 7) is 0. The molecule has 0 amide bonds. The zero-order chi connectivity index (χ0) is 13.6. The van der Waals surface area contributed by atoms with Gasteiger partial charge in [-0.25, -0.2) is 0 Å². The van der Waals surface area contributed by atoms with Crippen molar-refractivity contribution < 1.29 is 9.47 Å². The molecule has 0 bridgehead atoms. The van der Waals surface area contributed by atoms with Crippen LogP contribution in [-0.2, 0) is 0 Å². The number of rotatable bonds is 2. The van der Waals surface area contributed by atoms with E-state index < -0.39 is 18.4 Å². The summed E-state index contributed by atoms with van der Waals surface area (Å²) in [5.41, 5.74) is 2.73. The third kappa shape index (κ3) is 1.76. The van der Waals surface area contributed by atoms with Crippen LogP contribution in [0.15, 0.2) is 36.4 Å². The molecule has 2 nitrogen and oxygen atoms in total. The van der Waals surface area contributed by atoms with E-state index in [1.165, 1.54) is 14.7 Å². The Morgan fingerprint density at radius 1 is 0.789 bits per heavy atom. The molecular formula is C16H18O2Sn. The Balaban J connectivity index is 2.33. The Hall–Kier alpha value is -1.16. The van der Waals surface area contributed by atoms with E-state index in [-0.39, 0.29) is 0 Å². The Morgan fingerprint density at radius 3 is 2.11 bits per heavy atom. The van der Waals surface area contributed by atoms with Gasteiger partial charge in [0.2, 0.25) is 0 Å². The van der Waals surface area contributed by atoms with Gasteiger partial charge >= 0.3 is 118 Å². The van der Waals surface area contributed by atoms with Gasteiger partial charge in [0.1, 0.15) is 0 Å². The number of benzene rings is 2. The third-order valence-corrected chi connectivity index (χ3v) is 14.2. The maximum absolute atomic E-state index is 5.46. The van der Waals surface area contributed by atoms with Crippen LogP contribution in [0.2, 0.25) is 9.88 Å². The molecule has 0 fully saturated rings. The molecule has 1 aliphatic heterocycles. The minimum atomic E-state index is -2.42. The summed E-state index contributed by atoms with van der Waals surface area (Å²) in [7, 11) is 3.40. The summed E-state index contributed by atoms with van der Waals surface area (Å²) in [4.78, 5) is 4.93. The summed E-state index contributed by atoms with van der Waals surface area (Å²) in [5, 5.41) is 0. The van der Waals surface area contributed by atoms with E-state index in [2.05, 4.69) is 46.3 Å². The summed E-state index contributed by atoms with van der Waals surface area (Å²) >= 11 is -2.42. The molecule has 3 heteroatoms. The second kappa shape index (κ2) is 4.44. The zero-order valence-corrected chi connectivity index (χ0v) is 14.6. The first-order valence-electron chi connectivity index (χ1n) is 6.46. The molecular weight excluding hydrogens is 343 g/mol. The molecule has 2 aromatic rings. The molecule has 0 atom stereocenters. The van der Waals surface area contributed by atoms with Gasteiger partial charge < -0.3 is 0 Å². The molecule has 1 aliphatic rings. The van der Waals surface area contributed by atoms with E-state index in [0.29, 0.717) is 0 Å². The van der Waals surface area contributed by atoms with Crippen LogP contribution < -0.4 is 16.6 Å². The molecule has 3 rings (SSSR count). The van der Waals surface area contributed by atoms with Gasteiger partial charge in [0, 0.05) is 0 Å².